The average molecular weight is 293 g/mol. The van der Waals surface area contributed by atoms with Gasteiger partial charge in [-0.3, -0.25) is 5.10 Å². The van der Waals surface area contributed by atoms with E-state index < -0.39 is 0 Å². The van der Waals surface area contributed by atoms with Gasteiger partial charge in [-0.2, -0.15) is 4.98 Å². The molecule has 0 saturated heterocycles. The third-order valence-electron chi connectivity index (χ3n) is 3.57. The maximum atomic E-state index is 5.15. The summed E-state index contributed by atoms with van der Waals surface area (Å²) in [5.41, 5.74) is 4.06. The van der Waals surface area contributed by atoms with E-state index in [9.17, 15) is 0 Å². The van der Waals surface area contributed by atoms with Gasteiger partial charge in [-0.1, -0.05) is 6.07 Å². The number of nitrogens with zero attached hydrogens (tertiary/aromatic N) is 3. The van der Waals surface area contributed by atoms with Crippen molar-refractivity contribution in [2.75, 3.05) is 12.4 Å². The van der Waals surface area contributed by atoms with E-state index in [-0.39, 0.29) is 0 Å². The van der Waals surface area contributed by atoms with Gasteiger partial charge >= 0.3 is 0 Å². The van der Waals surface area contributed by atoms with Crippen LogP contribution in [0.4, 0.5) is 11.6 Å². The van der Waals surface area contributed by atoms with Crippen molar-refractivity contribution in [1.82, 2.24) is 19.6 Å². The number of nitrogens with one attached hydrogen (secondary N) is 2. The summed E-state index contributed by atoms with van der Waals surface area (Å²) < 4.78 is 7.02. The van der Waals surface area contributed by atoms with Crippen LogP contribution >= 0.6 is 0 Å². The van der Waals surface area contributed by atoms with E-state index in [0.717, 1.165) is 22.5 Å². The van der Waals surface area contributed by atoms with Gasteiger partial charge in [-0.15, -0.1) is 0 Å². The Morgan fingerprint density at radius 3 is 2.68 bits per heavy atom. The Labute approximate surface area is 126 Å². The first kappa shape index (κ1) is 12.7. The number of imidazole rings is 1. The van der Waals surface area contributed by atoms with Crippen LogP contribution in [0.25, 0.3) is 16.8 Å². The number of methoxy groups -OCH3 is 1. The molecule has 110 valence electrons. The monoisotopic (exact) mass is 293 g/mol. The second-order valence-electron chi connectivity index (χ2n) is 5.17. The summed E-state index contributed by atoms with van der Waals surface area (Å²) in [6.07, 6.45) is 0. The average Bonchev–Trinajstić information content (AvgIpc) is 3.04. The van der Waals surface area contributed by atoms with Crippen molar-refractivity contribution in [2.45, 2.75) is 6.92 Å². The Balaban J connectivity index is 1.70. The molecule has 22 heavy (non-hydrogen) atoms. The van der Waals surface area contributed by atoms with E-state index in [4.69, 9.17) is 4.74 Å². The van der Waals surface area contributed by atoms with Gasteiger partial charge in [-0.05, 0) is 48.9 Å². The molecule has 0 aliphatic heterocycles. The number of rotatable bonds is 3. The van der Waals surface area contributed by atoms with Crippen molar-refractivity contribution >= 4 is 28.4 Å². The molecule has 2 heterocycles. The summed E-state index contributed by atoms with van der Waals surface area (Å²) in [7, 11) is 1.65. The lowest BCUT2D eigenvalue weighted by atomic mass is 10.2. The van der Waals surface area contributed by atoms with Crippen LogP contribution in [0.2, 0.25) is 0 Å². The first-order chi connectivity index (χ1) is 10.7. The van der Waals surface area contributed by atoms with Crippen LogP contribution in [0, 0.1) is 6.92 Å². The third kappa shape index (κ3) is 2.05. The fraction of sp³-hybridized carbons (Fsp3) is 0.125. The zero-order chi connectivity index (χ0) is 15.1. The molecule has 2 aromatic carbocycles. The number of anilines is 2. The number of aromatic nitrogens is 4. The van der Waals surface area contributed by atoms with Crippen molar-refractivity contribution in [3.63, 3.8) is 0 Å². The van der Waals surface area contributed by atoms with Gasteiger partial charge in [0, 0.05) is 5.69 Å². The standard InChI is InChI=1S/C16H15N5O/c1-10-3-8-14-13(9-10)18-16-19-15(20-21(14)16)17-11-4-6-12(22-2)7-5-11/h3-9H,1-2H3,(H2,17,18,19,20). The number of hydrogen-bond donors (Lipinski definition) is 2. The summed E-state index contributed by atoms with van der Waals surface area (Å²) in [6, 6.07) is 13.8. The normalized spacial score (nSPS) is 11.2. The molecule has 0 spiro atoms. The molecule has 2 N–H and O–H groups in total. The Morgan fingerprint density at radius 1 is 1.09 bits per heavy atom. The van der Waals surface area contributed by atoms with Crippen molar-refractivity contribution in [3.05, 3.63) is 48.0 Å². The molecule has 0 aliphatic carbocycles. The smallest absolute Gasteiger partial charge is 0.253 e. The van der Waals surface area contributed by atoms with E-state index in [0.29, 0.717) is 11.7 Å². The molecule has 4 aromatic rings. The van der Waals surface area contributed by atoms with Gasteiger partial charge in [0.1, 0.15) is 5.75 Å². The van der Waals surface area contributed by atoms with Gasteiger partial charge in [0.05, 0.1) is 18.1 Å². The lowest BCUT2D eigenvalue weighted by Crippen LogP contribution is -1.93. The number of H-pyrrole nitrogens is 1. The van der Waals surface area contributed by atoms with Crippen molar-refractivity contribution in [1.29, 1.82) is 0 Å². The molecule has 4 rings (SSSR count). The minimum Gasteiger partial charge on any atom is -0.497 e. The third-order valence-corrected chi connectivity index (χ3v) is 3.57. The topological polar surface area (TPSA) is 67.2 Å². The number of fused-ring (bicyclic) bond motifs is 3. The summed E-state index contributed by atoms with van der Waals surface area (Å²) in [4.78, 5) is 9.00. The van der Waals surface area contributed by atoms with E-state index >= 15 is 0 Å². The second kappa shape index (κ2) is 4.77. The molecular weight excluding hydrogens is 278 g/mol. The minimum atomic E-state index is 0.648. The van der Waals surface area contributed by atoms with Crippen LogP contribution in [-0.2, 0) is 0 Å². The molecule has 6 nitrogen and oxygen atoms in total. The highest BCUT2D eigenvalue weighted by molar-refractivity contribution is 5.80. The minimum absolute atomic E-state index is 0.648. The number of ether oxygens (including phenoxy) is 1. The lowest BCUT2D eigenvalue weighted by Gasteiger charge is -2.03. The molecule has 0 radical (unpaired) electrons. The Kier molecular flexibility index (Phi) is 2.75. The summed E-state index contributed by atoms with van der Waals surface area (Å²) in [5.74, 6) is 2.12. The molecule has 0 fully saturated rings. The van der Waals surface area contributed by atoms with E-state index in [1.165, 1.54) is 5.56 Å². The summed E-state index contributed by atoms with van der Waals surface area (Å²) in [5, 5.41) is 6.44. The van der Waals surface area contributed by atoms with E-state index in [1.807, 2.05) is 34.8 Å². The summed E-state index contributed by atoms with van der Waals surface area (Å²) in [6.45, 7) is 2.05. The maximum Gasteiger partial charge on any atom is 0.253 e. The van der Waals surface area contributed by atoms with Crippen molar-refractivity contribution in [3.8, 4) is 5.75 Å². The zero-order valence-corrected chi connectivity index (χ0v) is 12.3. The first-order valence-corrected chi connectivity index (χ1v) is 6.99. The van der Waals surface area contributed by atoms with Crippen LogP contribution in [0.5, 0.6) is 5.75 Å². The first-order valence-electron chi connectivity index (χ1n) is 6.99. The van der Waals surface area contributed by atoms with Gasteiger partial charge in [0.2, 0.25) is 5.95 Å². The highest BCUT2D eigenvalue weighted by Gasteiger charge is 2.09. The fourth-order valence-electron chi connectivity index (χ4n) is 2.46. The van der Waals surface area contributed by atoms with Crippen molar-refractivity contribution < 1.29 is 4.74 Å². The largest absolute Gasteiger partial charge is 0.497 e. The molecule has 6 heteroatoms. The fourth-order valence-corrected chi connectivity index (χ4v) is 2.46. The van der Waals surface area contributed by atoms with Gasteiger partial charge in [-0.25, -0.2) is 9.50 Å². The lowest BCUT2D eigenvalue weighted by molar-refractivity contribution is 0.415. The van der Waals surface area contributed by atoms with Crippen LogP contribution in [-0.4, -0.2) is 26.7 Å². The molecule has 0 amide bonds. The van der Waals surface area contributed by atoms with Gasteiger partial charge in [0.25, 0.3) is 5.78 Å². The molecule has 0 saturated carbocycles. The highest BCUT2D eigenvalue weighted by atomic mass is 16.5. The van der Waals surface area contributed by atoms with E-state index in [1.54, 1.807) is 7.11 Å². The van der Waals surface area contributed by atoms with Crippen LogP contribution in [0.3, 0.4) is 0 Å². The van der Waals surface area contributed by atoms with Crippen LogP contribution < -0.4 is 10.1 Å². The maximum absolute atomic E-state index is 5.15. The molecule has 0 unspecified atom stereocenters. The molecule has 0 aliphatic rings. The number of aromatic amines is 1. The summed E-state index contributed by atoms with van der Waals surface area (Å²) >= 11 is 0. The number of hydrogen-bond acceptors (Lipinski definition) is 4. The van der Waals surface area contributed by atoms with E-state index in [2.05, 4.69) is 39.4 Å². The molecule has 2 aromatic heterocycles. The van der Waals surface area contributed by atoms with Crippen molar-refractivity contribution in [2.24, 2.45) is 0 Å². The van der Waals surface area contributed by atoms with Crippen LogP contribution in [0.15, 0.2) is 42.5 Å². The Bertz CT molecular complexity index is 952. The second-order valence-corrected chi connectivity index (χ2v) is 5.17. The quantitative estimate of drug-likeness (QED) is 0.608. The van der Waals surface area contributed by atoms with Gasteiger partial charge < -0.3 is 10.1 Å². The number of benzene rings is 2. The molecule has 0 bridgehead atoms. The molecule has 0 atom stereocenters. The van der Waals surface area contributed by atoms with Gasteiger partial charge in [0.15, 0.2) is 0 Å². The Hall–Kier alpha value is -3.02. The SMILES string of the molecule is COc1ccc(Nc2nc3nc4cc(C)ccc4n3[nH]2)cc1. The Morgan fingerprint density at radius 2 is 1.91 bits per heavy atom. The highest BCUT2D eigenvalue weighted by Crippen LogP contribution is 2.21. The zero-order valence-electron chi connectivity index (χ0n) is 12.3. The number of aryl methyl sites for hydroxylation is 1. The predicted molar refractivity (Wildman–Crippen MR) is 85.9 cm³/mol. The van der Waals surface area contributed by atoms with Crippen LogP contribution in [0.1, 0.15) is 5.56 Å². The predicted octanol–water partition coefficient (Wildman–Crippen LogP) is 3.27. The molecular formula is C16H15N5O.